The van der Waals surface area contributed by atoms with Gasteiger partial charge in [0.25, 0.3) is 5.91 Å². The van der Waals surface area contributed by atoms with Crippen LogP contribution in [0.4, 0.5) is 0 Å². The van der Waals surface area contributed by atoms with Gasteiger partial charge in [-0.25, -0.2) is 0 Å². The van der Waals surface area contributed by atoms with Crippen molar-refractivity contribution in [2.45, 2.75) is 26.4 Å². The van der Waals surface area contributed by atoms with Crippen LogP contribution in [0.2, 0.25) is 5.02 Å². The summed E-state index contributed by atoms with van der Waals surface area (Å²) in [5.74, 6) is 0.603. The molecule has 0 fully saturated rings. The smallest absolute Gasteiger partial charge is 0.251 e. The minimum absolute atomic E-state index is 0.0961. The van der Waals surface area contributed by atoms with Gasteiger partial charge < -0.3 is 16.0 Å². The highest BCUT2D eigenvalue weighted by Crippen LogP contribution is 2.26. The second kappa shape index (κ2) is 12.2. The predicted molar refractivity (Wildman–Crippen MR) is 125 cm³/mol. The van der Waals surface area contributed by atoms with Crippen LogP contribution in [0.3, 0.4) is 0 Å². The lowest BCUT2D eigenvalue weighted by atomic mass is 10.0. The van der Waals surface area contributed by atoms with Crippen molar-refractivity contribution < 1.29 is 4.79 Å². The van der Waals surface area contributed by atoms with Gasteiger partial charge in [0.05, 0.1) is 6.04 Å². The largest absolute Gasteiger partial charge is 0.355 e. The van der Waals surface area contributed by atoms with Gasteiger partial charge in [-0.2, -0.15) is 0 Å². The van der Waals surface area contributed by atoms with Crippen LogP contribution < -0.4 is 16.0 Å². The molecule has 0 spiro atoms. The molecule has 2 aromatic carbocycles. The summed E-state index contributed by atoms with van der Waals surface area (Å²) in [7, 11) is 3.38. The topological polar surface area (TPSA) is 68.8 Å². The van der Waals surface area contributed by atoms with Crippen molar-refractivity contribution in [2.75, 3.05) is 33.7 Å². The van der Waals surface area contributed by atoms with E-state index in [2.05, 4.69) is 45.8 Å². The zero-order valence-electron chi connectivity index (χ0n) is 18.2. The highest BCUT2D eigenvalue weighted by Gasteiger charge is 2.20. The molecule has 0 bridgehead atoms. The molecule has 0 heterocycles. The van der Waals surface area contributed by atoms with Crippen LogP contribution in [0, 0.1) is 0 Å². The van der Waals surface area contributed by atoms with Crippen molar-refractivity contribution in [3.63, 3.8) is 0 Å². The lowest BCUT2D eigenvalue weighted by Gasteiger charge is -2.31. The molecule has 0 aliphatic carbocycles. The fraction of sp³-hybridized carbons (Fsp3) is 0.391. The van der Waals surface area contributed by atoms with Crippen LogP contribution >= 0.6 is 11.6 Å². The van der Waals surface area contributed by atoms with E-state index >= 15 is 0 Å². The molecule has 162 valence electrons. The zero-order chi connectivity index (χ0) is 21.9. The molecule has 2 rings (SSSR count). The molecule has 0 aliphatic rings. The standard InChI is InChI=1S/C23H32ClN5O/c1-5-29(6-2)21(19-12-7-8-13-20(19)24)16-28-23(26-4)27-15-17-10-9-11-18(14-17)22(30)25-3/h7-14,21H,5-6,15-16H2,1-4H3,(H,25,30)(H2,26,27,28). The molecule has 2 aromatic rings. The van der Waals surface area contributed by atoms with Crippen molar-refractivity contribution in [2.24, 2.45) is 4.99 Å². The summed E-state index contributed by atoms with van der Waals surface area (Å²) in [5, 5.41) is 10.2. The third-order valence-electron chi connectivity index (χ3n) is 5.08. The molecule has 1 unspecified atom stereocenters. The SMILES string of the molecule is CCN(CC)C(CNC(=NC)NCc1cccc(C(=O)NC)c1)c1ccccc1Cl. The number of rotatable bonds is 9. The number of nitrogens with zero attached hydrogens (tertiary/aromatic N) is 2. The number of carbonyl (C=O) groups excluding carboxylic acids is 1. The third-order valence-corrected chi connectivity index (χ3v) is 5.42. The fourth-order valence-electron chi connectivity index (χ4n) is 3.41. The van der Waals surface area contributed by atoms with E-state index in [0.717, 1.165) is 29.2 Å². The number of hydrogen-bond donors (Lipinski definition) is 3. The number of nitrogens with one attached hydrogen (secondary N) is 3. The Kier molecular flexibility index (Phi) is 9.64. The van der Waals surface area contributed by atoms with Gasteiger partial charge in [0, 0.05) is 37.8 Å². The number of likely N-dealkylation sites (N-methyl/N-ethyl adjacent to an activating group) is 1. The molecule has 3 N–H and O–H groups in total. The number of amides is 1. The molecule has 6 nitrogen and oxygen atoms in total. The number of carbonyl (C=O) groups is 1. The maximum atomic E-state index is 11.8. The molecule has 7 heteroatoms. The molecule has 0 aliphatic heterocycles. The summed E-state index contributed by atoms with van der Waals surface area (Å²) in [6.45, 7) is 7.38. The first kappa shape index (κ1) is 23.7. The van der Waals surface area contributed by atoms with Crippen LogP contribution in [0.1, 0.15) is 41.4 Å². The van der Waals surface area contributed by atoms with E-state index in [4.69, 9.17) is 11.6 Å². The molecule has 0 saturated carbocycles. The molecule has 1 atom stereocenters. The van der Waals surface area contributed by atoms with Gasteiger partial charge in [-0.1, -0.05) is 55.8 Å². The molecular formula is C23H32ClN5O. The Labute approximate surface area is 184 Å². The maximum Gasteiger partial charge on any atom is 0.251 e. The molecular weight excluding hydrogens is 398 g/mol. The van der Waals surface area contributed by atoms with Crippen LogP contribution in [0.15, 0.2) is 53.5 Å². The quantitative estimate of drug-likeness (QED) is 0.422. The van der Waals surface area contributed by atoms with Gasteiger partial charge >= 0.3 is 0 Å². The summed E-state index contributed by atoms with van der Waals surface area (Å²) in [6.07, 6.45) is 0. The Balaban J connectivity index is 2.05. The Morgan fingerprint density at radius 3 is 2.47 bits per heavy atom. The summed E-state index contributed by atoms with van der Waals surface area (Å²) in [5.41, 5.74) is 2.75. The maximum absolute atomic E-state index is 11.8. The van der Waals surface area contributed by atoms with Crippen molar-refractivity contribution >= 4 is 23.5 Å². The fourth-order valence-corrected chi connectivity index (χ4v) is 3.67. The first-order valence-electron chi connectivity index (χ1n) is 10.3. The minimum atomic E-state index is -0.0961. The third kappa shape index (κ3) is 6.47. The Hall–Kier alpha value is -2.57. The Morgan fingerprint density at radius 1 is 1.10 bits per heavy atom. The van der Waals surface area contributed by atoms with Crippen LogP contribution in [-0.4, -0.2) is 50.5 Å². The normalized spacial score (nSPS) is 12.5. The highest BCUT2D eigenvalue weighted by molar-refractivity contribution is 6.31. The van der Waals surface area contributed by atoms with E-state index in [9.17, 15) is 4.79 Å². The van der Waals surface area contributed by atoms with Crippen LogP contribution in [-0.2, 0) is 6.54 Å². The van der Waals surface area contributed by atoms with Crippen molar-refractivity contribution in [1.82, 2.24) is 20.9 Å². The van der Waals surface area contributed by atoms with E-state index in [1.54, 1.807) is 20.2 Å². The number of benzene rings is 2. The van der Waals surface area contributed by atoms with Gasteiger partial charge in [-0.3, -0.25) is 14.7 Å². The monoisotopic (exact) mass is 429 g/mol. The molecule has 30 heavy (non-hydrogen) atoms. The van der Waals surface area contributed by atoms with Crippen LogP contribution in [0.5, 0.6) is 0 Å². The first-order valence-corrected chi connectivity index (χ1v) is 10.7. The average Bonchev–Trinajstić information content (AvgIpc) is 2.78. The summed E-state index contributed by atoms with van der Waals surface area (Å²) in [6, 6.07) is 15.6. The minimum Gasteiger partial charge on any atom is -0.355 e. The van der Waals surface area contributed by atoms with Gasteiger partial charge in [0.2, 0.25) is 0 Å². The van der Waals surface area contributed by atoms with Crippen molar-refractivity contribution in [3.8, 4) is 0 Å². The summed E-state index contributed by atoms with van der Waals surface area (Å²) < 4.78 is 0. The van der Waals surface area contributed by atoms with E-state index < -0.39 is 0 Å². The number of guanidine groups is 1. The Morgan fingerprint density at radius 2 is 1.83 bits per heavy atom. The Bertz CT molecular complexity index is 851. The lowest BCUT2D eigenvalue weighted by Crippen LogP contribution is -2.43. The van der Waals surface area contributed by atoms with E-state index in [1.165, 1.54) is 0 Å². The first-order chi connectivity index (χ1) is 14.5. The van der Waals surface area contributed by atoms with E-state index in [0.29, 0.717) is 24.6 Å². The van der Waals surface area contributed by atoms with Crippen molar-refractivity contribution in [1.29, 1.82) is 0 Å². The molecule has 0 radical (unpaired) electrons. The predicted octanol–water partition coefficient (Wildman–Crippen LogP) is 3.45. The second-order valence-corrected chi connectivity index (χ2v) is 7.25. The van der Waals surface area contributed by atoms with Gasteiger partial charge in [0.1, 0.15) is 0 Å². The van der Waals surface area contributed by atoms with Crippen molar-refractivity contribution in [3.05, 3.63) is 70.2 Å². The van der Waals surface area contributed by atoms with Gasteiger partial charge in [0.15, 0.2) is 5.96 Å². The van der Waals surface area contributed by atoms with Crippen LogP contribution in [0.25, 0.3) is 0 Å². The highest BCUT2D eigenvalue weighted by atomic mass is 35.5. The molecule has 0 saturated heterocycles. The van der Waals surface area contributed by atoms with Gasteiger partial charge in [-0.05, 0) is 42.4 Å². The summed E-state index contributed by atoms with van der Waals surface area (Å²) >= 11 is 6.49. The average molecular weight is 430 g/mol. The van der Waals surface area contributed by atoms with E-state index in [1.807, 2.05) is 36.4 Å². The summed E-state index contributed by atoms with van der Waals surface area (Å²) in [4.78, 5) is 18.5. The number of halogens is 1. The zero-order valence-corrected chi connectivity index (χ0v) is 19.0. The molecule has 1 amide bonds. The van der Waals surface area contributed by atoms with E-state index in [-0.39, 0.29) is 11.9 Å². The lowest BCUT2D eigenvalue weighted by molar-refractivity contribution is 0.0963. The number of hydrogen-bond acceptors (Lipinski definition) is 3. The number of aliphatic imine (C=N–C) groups is 1. The second-order valence-electron chi connectivity index (χ2n) is 6.84. The van der Waals surface area contributed by atoms with Gasteiger partial charge in [-0.15, -0.1) is 0 Å². The molecule has 0 aromatic heterocycles.